The SMILES string of the molecule is COc1cc(Cl)cc(CNC2CC2)c1OC(C)C. The highest BCUT2D eigenvalue weighted by Gasteiger charge is 2.22. The molecule has 0 atom stereocenters. The monoisotopic (exact) mass is 269 g/mol. The van der Waals surface area contributed by atoms with Crippen molar-refractivity contribution >= 4 is 11.6 Å². The smallest absolute Gasteiger partial charge is 0.166 e. The molecule has 1 N–H and O–H groups in total. The standard InChI is InChI=1S/C14H20ClNO2/c1-9(2)18-14-10(8-16-12-4-5-12)6-11(15)7-13(14)17-3/h6-7,9,12,16H,4-5,8H2,1-3H3. The molecule has 0 radical (unpaired) electrons. The van der Waals surface area contributed by atoms with Crippen LogP contribution in [-0.4, -0.2) is 19.3 Å². The average Bonchev–Trinajstić information content (AvgIpc) is 3.12. The van der Waals surface area contributed by atoms with Gasteiger partial charge in [0, 0.05) is 29.2 Å². The van der Waals surface area contributed by atoms with Gasteiger partial charge in [-0.05, 0) is 32.8 Å². The van der Waals surface area contributed by atoms with Crippen LogP contribution in [0.15, 0.2) is 12.1 Å². The van der Waals surface area contributed by atoms with Gasteiger partial charge in [-0.25, -0.2) is 0 Å². The zero-order chi connectivity index (χ0) is 13.1. The summed E-state index contributed by atoms with van der Waals surface area (Å²) in [5, 5.41) is 4.15. The minimum Gasteiger partial charge on any atom is -0.493 e. The van der Waals surface area contributed by atoms with Crippen molar-refractivity contribution in [2.24, 2.45) is 0 Å². The summed E-state index contributed by atoms with van der Waals surface area (Å²) in [7, 11) is 1.64. The number of rotatable bonds is 6. The summed E-state index contributed by atoms with van der Waals surface area (Å²) in [5.41, 5.74) is 1.06. The van der Waals surface area contributed by atoms with Crippen LogP contribution in [-0.2, 0) is 6.54 Å². The van der Waals surface area contributed by atoms with Crippen molar-refractivity contribution in [1.29, 1.82) is 0 Å². The summed E-state index contributed by atoms with van der Waals surface area (Å²) in [6.07, 6.45) is 2.63. The van der Waals surface area contributed by atoms with Crippen molar-refractivity contribution < 1.29 is 9.47 Å². The minimum absolute atomic E-state index is 0.111. The van der Waals surface area contributed by atoms with E-state index < -0.39 is 0 Å². The van der Waals surface area contributed by atoms with Gasteiger partial charge in [-0.3, -0.25) is 0 Å². The number of hydrogen-bond acceptors (Lipinski definition) is 3. The van der Waals surface area contributed by atoms with Crippen LogP contribution in [0.4, 0.5) is 0 Å². The molecule has 0 unspecified atom stereocenters. The number of ether oxygens (including phenoxy) is 2. The maximum absolute atomic E-state index is 6.10. The maximum Gasteiger partial charge on any atom is 0.166 e. The number of nitrogens with one attached hydrogen (secondary N) is 1. The van der Waals surface area contributed by atoms with E-state index in [0.717, 1.165) is 17.9 Å². The summed E-state index contributed by atoms with van der Waals surface area (Å²) >= 11 is 6.10. The Labute approximate surface area is 113 Å². The van der Waals surface area contributed by atoms with Gasteiger partial charge in [0.15, 0.2) is 11.5 Å². The van der Waals surface area contributed by atoms with Gasteiger partial charge < -0.3 is 14.8 Å². The normalized spacial score (nSPS) is 14.9. The minimum atomic E-state index is 0.111. The van der Waals surface area contributed by atoms with Gasteiger partial charge in [0.25, 0.3) is 0 Å². The van der Waals surface area contributed by atoms with Crippen LogP contribution in [0, 0.1) is 0 Å². The second-order valence-electron chi connectivity index (χ2n) is 4.92. The lowest BCUT2D eigenvalue weighted by Gasteiger charge is -2.18. The summed E-state index contributed by atoms with van der Waals surface area (Å²) in [4.78, 5) is 0. The predicted octanol–water partition coefficient (Wildman–Crippen LogP) is 3.39. The number of methoxy groups -OCH3 is 1. The van der Waals surface area contributed by atoms with Crippen LogP contribution >= 0.6 is 11.6 Å². The highest BCUT2D eigenvalue weighted by atomic mass is 35.5. The van der Waals surface area contributed by atoms with E-state index in [9.17, 15) is 0 Å². The molecule has 100 valence electrons. The van der Waals surface area contributed by atoms with Gasteiger partial charge >= 0.3 is 0 Å². The molecule has 0 bridgehead atoms. The molecule has 1 fully saturated rings. The van der Waals surface area contributed by atoms with Crippen LogP contribution in [0.1, 0.15) is 32.3 Å². The molecule has 0 heterocycles. The summed E-state index contributed by atoms with van der Waals surface area (Å²) in [6.45, 7) is 4.78. The van der Waals surface area contributed by atoms with Crippen molar-refractivity contribution in [3.63, 3.8) is 0 Å². The molecule has 0 aromatic heterocycles. The molecule has 1 aliphatic rings. The lowest BCUT2D eigenvalue weighted by atomic mass is 10.1. The Kier molecular flexibility index (Phi) is 4.36. The van der Waals surface area contributed by atoms with E-state index in [4.69, 9.17) is 21.1 Å². The van der Waals surface area contributed by atoms with Crippen molar-refractivity contribution in [3.8, 4) is 11.5 Å². The summed E-state index contributed by atoms with van der Waals surface area (Å²) in [6, 6.07) is 4.39. The zero-order valence-electron chi connectivity index (χ0n) is 11.1. The van der Waals surface area contributed by atoms with Gasteiger partial charge in [0.05, 0.1) is 13.2 Å². The Morgan fingerprint density at radius 1 is 1.39 bits per heavy atom. The molecule has 1 saturated carbocycles. The predicted molar refractivity (Wildman–Crippen MR) is 73.6 cm³/mol. The average molecular weight is 270 g/mol. The molecular weight excluding hydrogens is 250 g/mol. The Hall–Kier alpha value is -0.930. The van der Waals surface area contributed by atoms with Crippen molar-refractivity contribution in [3.05, 3.63) is 22.7 Å². The third-order valence-corrected chi connectivity index (χ3v) is 3.05. The van der Waals surface area contributed by atoms with Crippen LogP contribution in [0.25, 0.3) is 0 Å². The highest BCUT2D eigenvalue weighted by Crippen LogP contribution is 2.36. The quantitative estimate of drug-likeness (QED) is 0.859. The molecule has 3 nitrogen and oxygen atoms in total. The number of benzene rings is 1. The lowest BCUT2D eigenvalue weighted by Crippen LogP contribution is -2.17. The Morgan fingerprint density at radius 2 is 2.11 bits per heavy atom. The first-order chi connectivity index (χ1) is 8.60. The molecule has 4 heteroatoms. The van der Waals surface area contributed by atoms with Crippen LogP contribution in [0.5, 0.6) is 11.5 Å². The number of hydrogen-bond donors (Lipinski definition) is 1. The number of halogens is 1. The first-order valence-corrected chi connectivity index (χ1v) is 6.74. The fourth-order valence-corrected chi connectivity index (χ4v) is 2.05. The summed E-state index contributed by atoms with van der Waals surface area (Å²) in [5.74, 6) is 1.49. The molecule has 0 saturated heterocycles. The van der Waals surface area contributed by atoms with Crippen LogP contribution in [0.3, 0.4) is 0 Å². The Balaban J connectivity index is 2.23. The molecule has 1 aromatic carbocycles. The largest absolute Gasteiger partial charge is 0.493 e. The maximum atomic E-state index is 6.10. The fourth-order valence-electron chi connectivity index (χ4n) is 1.82. The first kappa shape index (κ1) is 13.5. The van der Waals surface area contributed by atoms with Gasteiger partial charge in [-0.15, -0.1) is 0 Å². The lowest BCUT2D eigenvalue weighted by molar-refractivity contribution is 0.227. The topological polar surface area (TPSA) is 30.5 Å². The molecule has 1 aliphatic carbocycles. The van der Waals surface area contributed by atoms with E-state index in [1.54, 1.807) is 13.2 Å². The van der Waals surface area contributed by atoms with Gasteiger partial charge in [0.2, 0.25) is 0 Å². The Morgan fingerprint density at radius 3 is 2.67 bits per heavy atom. The molecule has 0 amide bonds. The van der Waals surface area contributed by atoms with Crippen molar-refractivity contribution in [2.75, 3.05) is 7.11 Å². The van der Waals surface area contributed by atoms with E-state index >= 15 is 0 Å². The molecular formula is C14H20ClNO2. The van der Waals surface area contributed by atoms with Crippen LogP contribution < -0.4 is 14.8 Å². The third-order valence-electron chi connectivity index (χ3n) is 2.83. The second-order valence-corrected chi connectivity index (χ2v) is 5.35. The van der Waals surface area contributed by atoms with Crippen molar-refractivity contribution in [1.82, 2.24) is 5.32 Å². The first-order valence-electron chi connectivity index (χ1n) is 6.36. The van der Waals surface area contributed by atoms with E-state index in [2.05, 4.69) is 5.32 Å². The molecule has 18 heavy (non-hydrogen) atoms. The third kappa shape index (κ3) is 3.53. The van der Waals surface area contributed by atoms with Gasteiger partial charge in [0.1, 0.15) is 0 Å². The zero-order valence-corrected chi connectivity index (χ0v) is 11.9. The molecule has 0 spiro atoms. The van der Waals surface area contributed by atoms with E-state index in [-0.39, 0.29) is 6.10 Å². The van der Waals surface area contributed by atoms with E-state index in [1.165, 1.54) is 12.8 Å². The van der Waals surface area contributed by atoms with Crippen LogP contribution in [0.2, 0.25) is 5.02 Å². The van der Waals surface area contributed by atoms with Crippen molar-refractivity contribution in [2.45, 2.75) is 45.4 Å². The summed E-state index contributed by atoms with van der Waals surface area (Å²) < 4.78 is 11.2. The fraction of sp³-hybridized carbons (Fsp3) is 0.571. The Bertz CT molecular complexity index is 417. The second kappa shape index (κ2) is 5.81. The molecule has 0 aliphatic heterocycles. The van der Waals surface area contributed by atoms with Gasteiger partial charge in [-0.1, -0.05) is 11.6 Å². The molecule has 2 rings (SSSR count). The van der Waals surface area contributed by atoms with E-state index in [1.807, 2.05) is 19.9 Å². The van der Waals surface area contributed by atoms with E-state index in [0.29, 0.717) is 16.8 Å². The van der Waals surface area contributed by atoms with Gasteiger partial charge in [-0.2, -0.15) is 0 Å². The highest BCUT2D eigenvalue weighted by molar-refractivity contribution is 6.30. The molecule has 1 aromatic rings.